The van der Waals surface area contributed by atoms with Gasteiger partial charge in [-0.25, -0.2) is 14.0 Å². The summed E-state index contributed by atoms with van der Waals surface area (Å²) in [4.78, 5) is 46.4. The van der Waals surface area contributed by atoms with Crippen LogP contribution >= 0.6 is 0 Å². The lowest BCUT2D eigenvalue weighted by atomic mass is 10.0. The van der Waals surface area contributed by atoms with E-state index >= 15 is 0 Å². The van der Waals surface area contributed by atoms with Crippen LogP contribution in [0.1, 0.15) is 32.9 Å². The van der Waals surface area contributed by atoms with E-state index in [0.29, 0.717) is 33.8 Å². The molecule has 1 aromatic carbocycles. The zero-order valence-electron chi connectivity index (χ0n) is 19.2. The Morgan fingerprint density at radius 3 is 2.79 bits per heavy atom. The molecule has 11 heteroatoms. The van der Waals surface area contributed by atoms with Gasteiger partial charge in [0.15, 0.2) is 6.54 Å². The maximum atomic E-state index is 13.7. The van der Waals surface area contributed by atoms with Crippen LogP contribution in [0.25, 0.3) is 11.6 Å². The van der Waals surface area contributed by atoms with E-state index in [1.807, 2.05) is 0 Å². The Labute approximate surface area is 194 Å². The monoisotopic (exact) mass is 470 g/mol. The zero-order chi connectivity index (χ0) is 24.7. The average Bonchev–Trinajstić information content (AvgIpc) is 3.36. The van der Waals surface area contributed by atoms with Gasteiger partial charge in [0.1, 0.15) is 32.6 Å². The number of nitrogens with one attached hydrogen (secondary N) is 3. The number of hydrogen-bond donors (Lipinski definition) is 4. The molecule has 1 saturated heterocycles. The predicted molar refractivity (Wildman–Crippen MR) is 122 cm³/mol. The number of benzene rings is 1. The molecule has 0 bridgehead atoms. The maximum Gasteiger partial charge on any atom is 0.356 e. The predicted octanol–water partition coefficient (Wildman–Crippen LogP) is 1.36. The number of aromatic nitrogens is 1. The molecule has 4 N–H and O–H groups in total. The van der Waals surface area contributed by atoms with Crippen LogP contribution in [-0.2, 0) is 14.4 Å². The summed E-state index contributed by atoms with van der Waals surface area (Å²) in [6.07, 6.45) is 1.57. The fourth-order valence-corrected chi connectivity index (χ4v) is 3.91. The minimum atomic E-state index is -0.909. The van der Waals surface area contributed by atoms with Gasteiger partial charge < -0.3 is 20.7 Å². The molecular formula is C23H25FN5O5+. The van der Waals surface area contributed by atoms with Crippen molar-refractivity contribution in [1.82, 2.24) is 15.4 Å². The van der Waals surface area contributed by atoms with E-state index in [1.165, 1.54) is 22.8 Å². The lowest BCUT2D eigenvalue weighted by Crippen LogP contribution is -2.44. The molecule has 4 rings (SSSR count). The molecule has 2 aromatic rings. The smallest absolute Gasteiger partial charge is 0.356 e. The Morgan fingerprint density at radius 1 is 1.35 bits per heavy atom. The second-order valence-electron chi connectivity index (χ2n) is 8.37. The van der Waals surface area contributed by atoms with Gasteiger partial charge >= 0.3 is 5.90 Å². The standard InChI is InChI=1S/C23H24FN5O5/c1-11-17(8-15-14-7-13(24)5-6-16(14)26-21(15)31)25-12(2)20(11)22(32)27-18-10-34-29(23(18)33)9-19(30)28(3)4/h5-8,18H,9-10H2,1-4H3,(H3,25,26,27,31,32)/p+1/t18-/m1/s1. The van der Waals surface area contributed by atoms with Crippen molar-refractivity contribution in [3.63, 3.8) is 0 Å². The van der Waals surface area contributed by atoms with Crippen molar-refractivity contribution in [3.05, 3.63) is 52.1 Å². The molecule has 0 saturated carbocycles. The summed E-state index contributed by atoms with van der Waals surface area (Å²) < 4.78 is 15.2. The molecular weight excluding hydrogens is 445 g/mol. The molecule has 178 valence electrons. The van der Waals surface area contributed by atoms with Gasteiger partial charge in [0, 0.05) is 22.6 Å². The molecule has 0 aliphatic carbocycles. The molecule has 1 atom stereocenters. The van der Waals surface area contributed by atoms with Crippen LogP contribution in [0.4, 0.5) is 10.1 Å². The van der Waals surface area contributed by atoms with Crippen LogP contribution in [-0.4, -0.2) is 76.6 Å². The first-order chi connectivity index (χ1) is 16.1. The molecule has 0 radical (unpaired) electrons. The van der Waals surface area contributed by atoms with Crippen molar-refractivity contribution in [1.29, 1.82) is 0 Å². The molecule has 2 aliphatic heterocycles. The highest BCUT2D eigenvalue weighted by Gasteiger charge is 2.37. The summed E-state index contributed by atoms with van der Waals surface area (Å²) in [6.45, 7) is 3.22. The van der Waals surface area contributed by atoms with Crippen LogP contribution in [0.2, 0.25) is 0 Å². The van der Waals surface area contributed by atoms with Gasteiger partial charge in [-0.15, -0.1) is 0 Å². The molecule has 10 nitrogen and oxygen atoms in total. The number of amides is 3. The first-order valence-corrected chi connectivity index (χ1v) is 10.6. The molecule has 34 heavy (non-hydrogen) atoms. The number of carbonyl (C=O) groups is 3. The molecule has 0 unspecified atom stereocenters. The van der Waals surface area contributed by atoms with Crippen LogP contribution in [0, 0.1) is 19.7 Å². The summed E-state index contributed by atoms with van der Waals surface area (Å²) in [6, 6.07) is 3.13. The second-order valence-corrected chi connectivity index (χ2v) is 8.37. The van der Waals surface area contributed by atoms with Gasteiger partial charge in [0.05, 0.1) is 11.1 Å². The molecule has 0 spiro atoms. The van der Waals surface area contributed by atoms with E-state index in [-0.39, 0.29) is 30.5 Å². The third-order valence-electron chi connectivity index (χ3n) is 5.80. The number of hydrogen-bond acceptors (Lipinski definition) is 4. The molecule has 3 amide bonds. The number of aliphatic hydroxyl groups is 1. The van der Waals surface area contributed by atoms with Crippen LogP contribution in [0.5, 0.6) is 0 Å². The van der Waals surface area contributed by atoms with Crippen molar-refractivity contribution < 1.29 is 33.3 Å². The van der Waals surface area contributed by atoms with Crippen LogP contribution < -0.4 is 10.6 Å². The fourth-order valence-electron chi connectivity index (χ4n) is 3.91. The minimum absolute atomic E-state index is 0.0623. The first-order valence-electron chi connectivity index (χ1n) is 10.6. The number of nitrogens with zero attached hydrogens (tertiary/aromatic N) is 2. The number of anilines is 1. The van der Waals surface area contributed by atoms with Gasteiger partial charge in [-0.3, -0.25) is 19.2 Å². The second kappa shape index (κ2) is 8.75. The van der Waals surface area contributed by atoms with Gasteiger partial charge in [0.25, 0.3) is 17.7 Å². The largest absolute Gasteiger partial charge is 0.462 e. The number of rotatable bonds is 5. The van der Waals surface area contributed by atoms with Gasteiger partial charge in [0.2, 0.25) is 0 Å². The van der Waals surface area contributed by atoms with Gasteiger partial charge in [-0.2, -0.15) is 0 Å². The summed E-state index contributed by atoms with van der Waals surface area (Å²) in [5, 5.41) is 16.2. The van der Waals surface area contributed by atoms with E-state index in [2.05, 4.69) is 15.6 Å². The van der Waals surface area contributed by atoms with Gasteiger partial charge in [-0.05, 0) is 43.7 Å². The Hall–Kier alpha value is -3.99. The maximum absolute atomic E-state index is 13.7. The molecule has 1 aromatic heterocycles. The minimum Gasteiger partial charge on any atom is -0.462 e. The number of fused-ring (bicyclic) bond motifs is 1. The van der Waals surface area contributed by atoms with Crippen molar-refractivity contribution in [2.75, 3.05) is 32.6 Å². The van der Waals surface area contributed by atoms with Crippen LogP contribution in [0.15, 0.2) is 18.2 Å². The van der Waals surface area contributed by atoms with E-state index in [4.69, 9.17) is 4.84 Å². The first kappa shape index (κ1) is 23.2. The third kappa shape index (κ3) is 4.17. The highest BCUT2D eigenvalue weighted by atomic mass is 19.1. The van der Waals surface area contributed by atoms with E-state index < -0.39 is 23.7 Å². The summed E-state index contributed by atoms with van der Waals surface area (Å²) in [5.74, 6) is -1.86. The number of aromatic amines is 1. The number of hydroxylamine groups is 2. The SMILES string of the molecule is Cc1[nH]c(/C=C2\C(=O)Nc3ccc(F)cc32)c(C)c1C(=O)N[C@@H]1CON(CC(O)=[N+](C)C)C1=O. The number of aliphatic hydroxyl groups excluding tert-OH is 1. The fraction of sp³-hybridized carbons (Fsp3) is 0.304. The lowest BCUT2D eigenvalue weighted by Gasteiger charge is -2.12. The normalized spacial score (nSPS) is 18.3. The van der Waals surface area contributed by atoms with Gasteiger partial charge in [-0.1, -0.05) is 0 Å². The van der Waals surface area contributed by atoms with Crippen LogP contribution in [0.3, 0.4) is 0 Å². The Bertz CT molecular complexity index is 1270. The summed E-state index contributed by atoms with van der Waals surface area (Å²) in [7, 11) is 3.26. The van der Waals surface area contributed by atoms with Crippen molar-refractivity contribution >= 4 is 41.0 Å². The summed E-state index contributed by atoms with van der Waals surface area (Å²) >= 11 is 0. The number of halogens is 1. The number of carbonyl (C=O) groups excluding carboxylic acids is 3. The lowest BCUT2D eigenvalue weighted by molar-refractivity contribution is -0.475. The average molecular weight is 470 g/mol. The number of aryl methyl sites for hydroxylation is 1. The molecule has 2 aliphatic rings. The Balaban J connectivity index is 1.55. The highest BCUT2D eigenvalue weighted by molar-refractivity contribution is 6.34. The number of H-pyrrole nitrogens is 1. The topological polar surface area (TPSA) is 127 Å². The Morgan fingerprint density at radius 2 is 2.09 bits per heavy atom. The van der Waals surface area contributed by atoms with Crippen molar-refractivity contribution in [2.45, 2.75) is 19.9 Å². The third-order valence-corrected chi connectivity index (χ3v) is 5.80. The van der Waals surface area contributed by atoms with E-state index in [0.717, 1.165) is 5.06 Å². The van der Waals surface area contributed by atoms with Crippen molar-refractivity contribution in [3.8, 4) is 0 Å². The summed E-state index contributed by atoms with van der Waals surface area (Å²) in [5.41, 5.74) is 3.19. The molecule has 1 fully saturated rings. The van der Waals surface area contributed by atoms with Crippen molar-refractivity contribution in [2.24, 2.45) is 0 Å². The quantitative estimate of drug-likeness (QED) is 0.227. The Kier molecular flexibility index (Phi) is 5.96. The van der Waals surface area contributed by atoms with E-state index in [9.17, 15) is 23.9 Å². The van der Waals surface area contributed by atoms with E-state index in [1.54, 1.807) is 34.0 Å². The molecule has 3 heterocycles. The highest BCUT2D eigenvalue weighted by Crippen LogP contribution is 2.34. The zero-order valence-corrected chi connectivity index (χ0v) is 19.2.